The van der Waals surface area contributed by atoms with Crippen molar-refractivity contribution in [2.45, 2.75) is 25.1 Å². The first kappa shape index (κ1) is 15.0. The summed E-state index contributed by atoms with van der Waals surface area (Å²) in [6, 6.07) is 9.83. The number of nitrogens with zero attached hydrogens (tertiary/aromatic N) is 3. The van der Waals surface area contributed by atoms with Gasteiger partial charge in [0.05, 0.1) is 18.9 Å². The monoisotopic (exact) mass is 329 g/mol. The van der Waals surface area contributed by atoms with Crippen LogP contribution in [0.5, 0.6) is 0 Å². The lowest BCUT2D eigenvalue weighted by molar-refractivity contribution is 0.167. The lowest BCUT2D eigenvalue weighted by Gasteiger charge is -2.22. The van der Waals surface area contributed by atoms with Gasteiger partial charge in [0, 0.05) is 12.6 Å². The zero-order chi connectivity index (χ0) is 16.5. The molecule has 1 saturated heterocycles. The number of hydrogen-bond donors (Lipinski definition) is 1. The average molecular weight is 329 g/mol. The minimum atomic E-state index is -0.437. The summed E-state index contributed by atoms with van der Waals surface area (Å²) in [7, 11) is 0. The molecule has 7 heteroatoms. The first-order valence-corrected chi connectivity index (χ1v) is 7.73. The predicted molar refractivity (Wildman–Crippen MR) is 82.2 cm³/mol. The highest BCUT2D eigenvalue weighted by Gasteiger charge is 2.33. The van der Waals surface area contributed by atoms with Gasteiger partial charge in [-0.2, -0.15) is 0 Å². The molecule has 2 atom stereocenters. The molecule has 0 radical (unpaired) electrons. The summed E-state index contributed by atoms with van der Waals surface area (Å²) in [5.74, 6) is 1.02. The fourth-order valence-electron chi connectivity index (χ4n) is 3.08. The van der Waals surface area contributed by atoms with E-state index in [1.807, 2.05) is 0 Å². The van der Waals surface area contributed by atoms with Crippen LogP contribution < -0.4 is 0 Å². The third kappa shape index (κ3) is 2.95. The van der Waals surface area contributed by atoms with Gasteiger partial charge in [0.15, 0.2) is 5.76 Å². The molecule has 6 nitrogen and oxygen atoms in total. The minimum Gasteiger partial charge on any atom is -0.459 e. The lowest BCUT2D eigenvalue weighted by atomic mass is 10.0. The number of hydrogen-bond acceptors (Lipinski definition) is 6. The van der Waals surface area contributed by atoms with Crippen molar-refractivity contribution in [1.29, 1.82) is 0 Å². The van der Waals surface area contributed by atoms with E-state index in [1.165, 1.54) is 12.1 Å². The Bertz CT molecular complexity index is 801. The Labute approximate surface area is 137 Å². The average Bonchev–Trinajstić information content (AvgIpc) is 3.29. The molecule has 1 N–H and O–H groups in total. The van der Waals surface area contributed by atoms with E-state index >= 15 is 0 Å². The number of aliphatic hydroxyl groups is 1. The predicted octanol–water partition coefficient (Wildman–Crippen LogP) is 2.78. The maximum absolute atomic E-state index is 13.1. The van der Waals surface area contributed by atoms with Gasteiger partial charge in [-0.1, -0.05) is 12.1 Å². The van der Waals surface area contributed by atoms with Gasteiger partial charge in [0.2, 0.25) is 5.89 Å². The SMILES string of the molecule is O[C@@H]1C[C@@H](c2ccc(F)cc2)N(Cc2nnc(-c3ccco3)o2)C1. The number of benzene rings is 1. The van der Waals surface area contributed by atoms with E-state index in [0.717, 1.165) is 5.56 Å². The molecule has 1 aliphatic heterocycles. The van der Waals surface area contributed by atoms with E-state index in [9.17, 15) is 9.50 Å². The minimum absolute atomic E-state index is 0.0143. The fraction of sp³-hybridized carbons (Fsp3) is 0.294. The van der Waals surface area contributed by atoms with Gasteiger partial charge < -0.3 is 13.9 Å². The first-order valence-electron chi connectivity index (χ1n) is 7.73. The molecule has 4 rings (SSSR count). The summed E-state index contributed by atoms with van der Waals surface area (Å²) < 4.78 is 24.0. The molecule has 0 saturated carbocycles. The van der Waals surface area contributed by atoms with Crippen LogP contribution in [0.4, 0.5) is 4.39 Å². The number of β-amino-alcohol motifs (C(OH)–C–C–N with tert-alkyl or cyclic N) is 1. The van der Waals surface area contributed by atoms with Crippen molar-refractivity contribution in [3.63, 3.8) is 0 Å². The van der Waals surface area contributed by atoms with E-state index in [-0.39, 0.29) is 11.9 Å². The highest BCUT2D eigenvalue weighted by Crippen LogP contribution is 2.33. The smallest absolute Gasteiger partial charge is 0.283 e. The van der Waals surface area contributed by atoms with Crippen molar-refractivity contribution in [2.24, 2.45) is 0 Å². The second-order valence-electron chi connectivity index (χ2n) is 5.86. The van der Waals surface area contributed by atoms with Crippen molar-refractivity contribution in [3.05, 3.63) is 59.9 Å². The van der Waals surface area contributed by atoms with Crippen molar-refractivity contribution >= 4 is 0 Å². The standard InChI is InChI=1S/C17H16FN3O3/c18-12-5-3-11(4-6-12)14-8-13(22)9-21(14)10-16-19-20-17(24-16)15-2-1-7-23-15/h1-7,13-14,22H,8-10H2/t13-,14+/m1/s1. The quantitative estimate of drug-likeness (QED) is 0.793. The number of likely N-dealkylation sites (tertiary alicyclic amines) is 1. The van der Waals surface area contributed by atoms with Crippen molar-refractivity contribution in [3.8, 4) is 11.7 Å². The molecular weight excluding hydrogens is 313 g/mol. The molecular formula is C17H16FN3O3. The number of halogens is 1. The molecule has 1 aliphatic rings. The van der Waals surface area contributed by atoms with Gasteiger partial charge in [0.25, 0.3) is 5.89 Å². The summed E-state index contributed by atoms with van der Waals surface area (Å²) in [6.07, 6.45) is 1.69. The third-order valence-corrected chi connectivity index (χ3v) is 4.17. The molecule has 0 bridgehead atoms. The maximum atomic E-state index is 13.1. The molecule has 0 amide bonds. The lowest BCUT2D eigenvalue weighted by Crippen LogP contribution is -2.24. The first-order chi connectivity index (χ1) is 11.7. The summed E-state index contributed by atoms with van der Waals surface area (Å²) in [5, 5.41) is 18.0. The number of aromatic nitrogens is 2. The van der Waals surface area contributed by atoms with Gasteiger partial charge in [-0.15, -0.1) is 10.2 Å². The van der Waals surface area contributed by atoms with Gasteiger partial charge >= 0.3 is 0 Å². The van der Waals surface area contributed by atoms with Crippen LogP contribution in [-0.2, 0) is 6.54 Å². The second kappa shape index (κ2) is 6.18. The van der Waals surface area contributed by atoms with Crippen molar-refractivity contribution in [2.75, 3.05) is 6.54 Å². The second-order valence-corrected chi connectivity index (χ2v) is 5.86. The summed E-state index contributed by atoms with van der Waals surface area (Å²) >= 11 is 0. The highest BCUT2D eigenvalue weighted by molar-refractivity contribution is 5.42. The van der Waals surface area contributed by atoms with Gasteiger partial charge in [0.1, 0.15) is 5.82 Å². The Kier molecular flexibility index (Phi) is 3.87. The van der Waals surface area contributed by atoms with Gasteiger partial charge in [-0.25, -0.2) is 4.39 Å². The topological polar surface area (TPSA) is 75.5 Å². The van der Waals surface area contributed by atoms with Crippen LogP contribution in [0.15, 0.2) is 51.5 Å². The van der Waals surface area contributed by atoms with E-state index in [2.05, 4.69) is 15.1 Å². The normalized spacial score (nSPS) is 21.4. The van der Waals surface area contributed by atoms with Crippen LogP contribution in [-0.4, -0.2) is 32.9 Å². The zero-order valence-corrected chi connectivity index (χ0v) is 12.8. The third-order valence-electron chi connectivity index (χ3n) is 4.17. The molecule has 24 heavy (non-hydrogen) atoms. The number of aliphatic hydroxyl groups excluding tert-OH is 1. The number of rotatable bonds is 4. The van der Waals surface area contributed by atoms with Gasteiger partial charge in [-0.3, -0.25) is 4.90 Å². The highest BCUT2D eigenvalue weighted by atomic mass is 19.1. The van der Waals surface area contributed by atoms with Crippen LogP contribution in [0.3, 0.4) is 0 Å². The van der Waals surface area contributed by atoms with E-state index < -0.39 is 6.10 Å². The molecule has 1 fully saturated rings. The van der Waals surface area contributed by atoms with Crippen LogP contribution in [0, 0.1) is 5.82 Å². The van der Waals surface area contributed by atoms with Crippen LogP contribution in [0.25, 0.3) is 11.7 Å². The summed E-state index contributed by atoms with van der Waals surface area (Å²) in [6.45, 7) is 0.910. The molecule has 1 aromatic carbocycles. The Morgan fingerprint density at radius 3 is 2.79 bits per heavy atom. The molecule has 124 valence electrons. The van der Waals surface area contributed by atoms with Crippen LogP contribution >= 0.6 is 0 Å². The van der Waals surface area contributed by atoms with E-state index in [1.54, 1.807) is 30.5 Å². The molecule has 0 spiro atoms. The fourth-order valence-corrected chi connectivity index (χ4v) is 3.08. The van der Waals surface area contributed by atoms with E-state index in [4.69, 9.17) is 8.83 Å². The summed E-state index contributed by atoms with van der Waals surface area (Å²) in [5.41, 5.74) is 0.957. The number of furan rings is 1. The van der Waals surface area contributed by atoms with Crippen LogP contribution in [0.1, 0.15) is 23.9 Å². The van der Waals surface area contributed by atoms with Crippen LogP contribution in [0.2, 0.25) is 0 Å². The molecule has 0 aliphatic carbocycles. The Balaban J connectivity index is 1.53. The molecule has 3 heterocycles. The molecule has 0 unspecified atom stereocenters. The molecule has 2 aromatic heterocycles. The van der Waals surface area contributed by atoms with Crippen molar-refractivity contribution < 1.29 is 18.3 Å². The largest absolute Gasteiger partial charge is 0.459 e. The Hall–Kier alpha value is -2.51. The van der Waals surface area contributed by atoms with Crippen molar-refractivity contribution in [1.82, 2.24) is 15.1 Å². The zero-order valence-electron chi connectivity index (χ0n) is 12.8. The maximum Gasteiger partial charge on any atom is 0.283 e. The Morgan fingerprint density at radius 2 is 2.04 bits per heavy atom. The van der Waals surface area contributed by atoms with Gasteiger partial charge in [-0.05, 0) is 36.2 Å². The summed E-state index contributed by atoms with van der Waals surface area (Å²) in [4.78, 5) is 2.05. The molecule has 3 aromatic rings. The van der Waals surface area contributed by atoms with E-state index in [0.29, 0.717) is 37.1 Å². The Morgan fingerprint density at radius 1 is 1.21 bits per heavy atom.